The number of nitrogens with one attached hydrogen (secondary N) is 1. The zero-order chi connectivity index (χ0) is 17.2. The highest BCUT2D eigenvalue weighted by Gasteiger charge is 1.96. The van der Waals surface area contributed by atoms with Gasteiger partial charge in [0, 0.05) is 12.6 Å². The Labute approximate surface area is 147 Å². The fraction of sp³-hybridized carbons (Fsp3) is 1.00. The van der Waals surface area contributed by atoms with Gasteiger partial charge in [0.1, 0.15) is 0 Å². The van der Waals surface area contributed by atoms with Gasteiger partial charge in [-0.15, -0.1) is 0 Å². The second kappa shape index (κ2) is 18.3. The summed E-state index contributed by atoms with van der Waals surface area (Å²) in [6.07, 6.45) is 20.1. The molecule has 0 amide bonds. The molecule has 23 heavy (non-hydrogen) atoms. The topological polar surface area (TPSA) is 38.0 Å². The van der Waals surface area contributed by atoms with E-state index < -0.39 is 0 Å². The molecule has 0 saturated carbocycles. The van der Waals surface area contributed by atoms with Gasteiger partial charge in [0.2, 0.25) is 0 Å². The third-order valence-corrected chi connectivity index (χ3v) is 4.60. The Bertz CT molecular complexity index is 192. The van der Waals surface area contributed by atoms with Crippen molar-refractivity contribution in [2.45, 2.75) is 117 Å². The van der Waals surface area contributed by atoms with E-state index in [1.807, 2.05) is 0 Å². The first-order valence-corrected chi connectivity index (χ1v) is 10.6. The molecule has 0 aliphatic rings. The quantitative estimate of drug-likeness (QED) is 0.301. The van der Waals surface area contributed by atoms with E-state index in [1.54, 1.807) is 0 Å². The Morgan fingerprint density at radius 2 is 1.00 bits per heavy atom. The molecule has 0 bridgehead atoms. The molecule has 1 unspecified atom stereocenters. The van der Waals surface area contributed by atoms with Crippen molar-refractivity contribution in [3.63, 3.8) is 0 Å². The highest BCUT2D eigenvalue weighted by atomic mass is 14.9. The first-order chi connectivity index (χ1) is 11.1. The zero-order valence-electron chi connectivity index (χ0n) is 16.5. The van der Waals surface area contributed by atoms with Gasteiger partial charge >= 0.3 is 0 Å². The number of hydrogen-bond acceptors (Lipinski definition) is 2. The fourth-order valence-electron chi connectivity index (χ4n) is 3.08. The smallest absolute Gasteiger partial charge is 0.0136 e. The van der Waals surface area contributed by atoms with E-state index in [9.17, 15) is 0 Å². The third-order valence-electron chi connectivity index (χ3n) is 4.60. The molecular formula is C21H46N2. The van der Waals surface area contributed by atoms with Crippen LogP contribution in [0.4, 0.5) is 0 Å². The van der Waals surface area contributed by atoms with Gasteiger partial charge < -0.3 is 11.1 Å². The van der Waals surface area contributed by atoms with Crippen LogP contribution in [0.25, 0.3) is 0 Å². The molecule has 0 rings (SSSR count). The van der Waals surface area contributed by atoms with E-state index in [0.717, 1.165) is 19.0 Å². The van der Waals surface area contributed by atoms with Crippen molar-refractivity contribution < 1.29 is 0 Å². The molecule has 0 aliphatic carbocycles. The van der Waals surface area contributed by atoms with E-state index in [0.29, 0.717) is 0 Å². The minimum Gasteiger partial charge on any atom is -0.327 e. The summed E-state index contributed by atoms with van der Waals surface area (Å²) in [5, 5.41) is 3.41. The number of rotatable bonds is 18. The van der Waals surface area contributed by atoms with Crippen LogP contribution in [0.1, 0.15) is 111 Å². The predicted octanol–water partition coefficient (Wildman–Crippen LogP) is 6.04. The summed E-state index contributed by atoms with van der Waals surface area (Å²) in [5.41, 5.74) is 5.70. The van der Waals surface area contributed by atoms with Crippen molar-refractivity contribution in [2.75, 3.05) is 13.1 Å². The molecule has 2 nitrogen and oxygen atoms in total. The molecule has 0 saturated heterocycles. The molecule has 0 heterocycles. The second-order valence-corrected chi connectivity index (χ2v) is 7.96. The standard InChI is InChI=1S/C21H46N2/c1-20(2)17-15-13-11-9-7-5-4-6-8-10-12-14-16-18-23-19-21(3)22/h20-21,23H,4-19,22H2,1-3H3. The average molecular weight is 327 g/mol. The first kappa shape index (κ1) is 22.9. The SMILES string of the molecule is CC(C)CCCCCCCCCCCCCCCNCC(C)N. The van der Waals surface area contributed by atoms with E-state index >= 15 is 0 Å². The number of nitrogens with two attached hydrogens (primary N) is 1. The van der Waals surface area contributed by atoms with Crippen molar-refractivity contribution in [3.8, 4) is 0 Å². The van der Waals surface area contributed by atoms with Gasteiger partial charge in [0.15, 0.2) is 0 Å². The lowest BCUT2D eigenvalue weighted by Gasteiger charge is -2.07. The summed E-state index contributed by atoms with van der Waals surface area (Å²) >= 11 is 0. The minimum absolute atomic E-state index is 0.287. The highest BCUT2D eigenvalue weighted by Crippen LogP contribution is 2.14. The molecule has 0 spiro atoms. The summed E-state index contributed by atoms with van der Waals surface area (Å²) in [6.45, 7) is 8.81. The van der Waals surface area contributed by atoms with E-state index in [1.165, 1.54) is 89.9 Å². The normalized spacial score (nSPS) is 12.9. The number of hydrogen-bond donors (Lipinski definition) is 2. The van der Waals surface area contributed by atoms with E-state index in [2.05, 4.69) is 26.1 Å². The van der Waals surface area contributed by atoms with E-state index in [4.69, 9.17) is 5.73 Å². The molecule has 140 valence electrons. The Hall–Kier alpha value is -0.0800. The van der Waals surface area contributed by atoms with Crippen molar-refractivity contribution in [1.29, 1.82) is 0 Å². The van der Waals surface area contributed by atoms with Gasteiger partial charge in [-0.25, -0.2) is 0 Å². The molecule has 2 heteroatoms. The van der Waals surface area contributed by atoms with Crippen LogP contribution in [0.3, 0.4) is 0 Å². The minimum atomic E-state index is 0.287. The fourth-order valence-corrected chi connectivity index (χ4v) is 3.08. The first-order valence-electron chi connectivity index (χ1n) is 10.6. The molecule has 0 aromatic carbocycles. The molecule has 3 N–H and O–H groups in total. The van der Waals surface area contributed by atoms with Crippen LogP contribution in [-0.4, -0.2) is 19.1 Å². The van der Waals surface area contributed by atoms with Crippen LogP contribution in [0, 0.1) is 5.92 Å². The van der Waals surface area contributed by atoms with Crippen molar-refractivity contribution in [1.82, 2.24) is 5.32 Å². The van der Waals surface area contributed by atoms with Crippen LogP contribution < -0.4 is 11.1 Å². The van der Waals surface area contributed by atoms with Gasteiger partial charge in [0.05, 0.1) is 0 Å². The average Bonchev–Trinajstić information content (AvgIpc) is 2.49. The van der Waals surface area contributed by atoms with Crippen molar-refractivity contribution in [3.05, 3.63) is 0 Å². The zero-order valence-corrected chi connectivity index (χ0v) is 16.5. The highest BCUT2D eigenvalue weighted by molar-refractivity contribution is 4.57. The van der Waals surface area contributed by atoms with Gasteiger partial charge in [-0.3, -0.25) is 0 Å². The van der Waals surface area contributed by atoms with Crippen LogP contribution in [0.5, 0.6) is 0 Å². The Kier molecular flexibility index (Phi) is 18.2. The van der Waals surface area contributed by atoms with Crippen LogP contribution >= 0.6 is 0 Å². The van der Waals surface area contributed by atoms with Gasteiger partial charge in [-0.2, -0.15) is 0 Å². The lowest BCUT2D eigenvalue weighted by molar-refractivity contribution is 0.501. The van der Waals surface area contributed by atoms with Crippen molar-refractivity contribution >= 4 is 0 Å². The third kappa shape index (κ3) is 21.9. The monoisotopic (exact) mass is 326 g/mol. The summed E-state index contributed by atoms with van der Waals surface area (Å²) in [7, 11) is 0. The van der Waals surface area contributed by atoms with Crippen molar-refractivity contribution in [2.24, 2.45) is 11.7 Å². The number of unbranched alkanes of at least 4 members (excludes halogenated alkanes) is 12. The summed E-state index contributed by atoms with van der Waals surface area (Å²) in [4.78, 5) is 0. The molecule has 0 fully saturated rings. The molecule has 0 aliphatic heterocycles. The summed E-state index contributed by atoms with van der Waals surface area (Å²) < 4.78 is 0. The maximum atomic E-state index is 5.70. The summed E-state index contributed by atoms with van der Waals surface area (Å²) in [5.74, 6) is 0.890. The lowest BCUT2D eigenvalue weighted by atomic mass is 10.0. The largest absolute Gasteiger partial charge is 0.327 e. The Balaban J connectivity index is 2.97. The molecule has 0 aromatic rings. The molecule has 1 atom stereocenters. The van der Waals surface area contributed by atoms with E-state index in [-0.39, 0.29) is 6.04 Å². The molecular weight excluding hydrogens is 280 g/mol. The molecule has 0 aromatic heterocycles. The van der Waals surface area contributed by atoms with Gasteiger partial charge in [0.25, 0.3) is 0 Å². The van der Waals surface area contributed by atoms with Gasteiger partial charge in [-0.1, -0.05) is 97.3 Å². The van der Waals surface area contributed by atoms with Crippen LogP contribution in [0.2, 0.25) is 0 Å². The van der Waals surface area contributed by atoms with Crippen LogP contribution in [0.15, 0.2) is 0 Å². The summed E-state index contributed by atoms with van der Waals surface area (Å²) in [6, 6.07) is 0.287. The predicted molar refractivity (Wildman–Crippen MR) is 106 cm³/mol. The Morgan fingerprint density at radius 1 is 0.609 bits per heavy atom. The Morgan fingerprint density at radius 3 is 1.39 bits per heavy atom. The lowest BCUT2D eigenvalue weighted by Crippen LogP contribution is -2.31. The van der Waals surface area contributed by atoms with Gasteiger partial charge in [-0.05, 0) is 25.8 Å². The maximum Gasteiger partial charge on any atom is 0.0136 e. The maximum absolute atomic E-state index is 5.70. The second-order valence-electron chi connectivity index (χ2n) is 7.96. The molecule has 0 radical (unpaired) electrons. The van der Waals surface area contributed by atoms with Crippen LogP contribution in [-0.2, 0) is 0 Å².